The number of carbonyl (C=O) groups excluding carboxylic acids is 1. The summed E-state index contributed by atoms with van der Waals surface area (Å²) in [7, 11) is -1.93. The van der Waals surface area contributed by atoms with Crippen molar-refractivity contribution in [3.8, 4) is 0 Å². The third-order valence-electron chi connectivity index (χ3n) is 5.02. The van der Waals surface area contributed by atoms with E-state index < -0.39 is 8.32 Å². The van der Waals surface area contributed by atoms with Crippen molar-refractivity contribution < 1.29 is 14.0 Å². The monoisotopic (exact) mass is 350 g/mol. The molecule has 0 amide bonds. The Bertz CT molecular complexity index is 493. The van der Waals surface area contributed by atoms with Crippen LogP contribution in [0, 0.1) is 11.8 Å². The normalized spacial score (nSPS) is 16.5. The van der Waals surface area contributed by atoms with E-state index in [1.807, 2.05) is 25.1 Å². The van der Waals surface area contributed by atoms with Crippen molar-refractivity contribution in [2.24, 2.45) is 11.8 Å². The van der Waals surface area contributed by atoms with Gasteiger partial charge in [-0.1, -0.05) is 65.0 Å². The minimum absolute atomic E-state index is 0.0980. The summed E-state index contributed by atoms with van der Waals surface area (Å²) < 4.78 is 12.4. The summed E-state index contributed by atoms with van der Waals surface area (Å²) in [6.45, 7) is 16.4. The van der Waals surface area contributed by atoms with Crippen LogP contribution in [0.4, 0.5) is 0 Å². The molecule has 0 heterocycles. The Hall–Kier alpha value is -0.973. The molecule has 0 spiro atoms. The van der Waals surface area contributed by atoms with Gasteiger partial charge in [-0.3, -0.25) is 0 Å². The van der Waals surface area contributed by atoms with E-state index in [0.717, 1.165) is 11.8 Å². The van der Waals surface area contributed by atoms with E-state index in [0.29, 0.717) is 13.2 Å². The topological polar surface area (TPSA) is 35.5 Å². The number of carbonyl (C=O) groups is 1. The van der Waals surface area contributed by atoms with Crippen LogP contribution in [0.1, 0.15) is 40.2 Å². The lowest BCUT2D eigenvalue weighted by Gasteiger charge is -2.42. The van der Waals surface area contributed by atoms with Gasteiger partial charge in [0.05, 0.1) is 19.3 Å². The molecule has 0 unspecified atom stereocenters. The maximum Gasteiger partial charge on any atom is 0.192 e. The molecule has 1 aromatic carbocycles. The molecule has 0 fully saturated rings. The zero-order valence-corrected chi connectivity index (χ0v) is 17.3. The van der Waals surface area contributed by atoms with Crippen molar-refractivity contribution in [3.63, 3.8) is 0 Å². The Balaban J connectivity index is 2.68. The molecular formula is C20H34O3Si. The van der Waals surface area contributed by atoms with Crippen LogP contribution in [-0.2, 0) is 20.6 Å². The summed E-state index contributed by atoms with van der Waals surface area (Å²) in [5, 5.41) is 0.123. The Morgan fingerprint density at radius 1 is 1.12 bits per heavy atom. The van der Waals surface area contributed by atoms with E-state index >= 15 is 0 Å². The van der Waals surface area contributed by atoms with Crippen molar-refractivity contribution >= 4 is 14.6 Å². The van der Waals surface area contributed by atoms with E-state index in [9.17, 15) is 4.79 Å². The van der Waals surface area contributed by atoms with E-state index in [4.69, 9.17) is 9.16 Å². The first-order valence-corrected chi connectivity index (χ1v) is 11.7. The molecule has 0 saturated carbocycles. The second kappa shape index (κ2) is 8.93. The van der Waals surface area contributed by atoms with Gasteiger partial charge in [0.25, 0.3) is 0 Å². The summed E-state index contributed by atoms with van der Waals surface area (Å²) >= 11 is 0. The van der Waals surface area contributed by atoms with Gasteiger partial charge in [-0.25, -0.2) is 0 Å². The average Bonchev–Trinajstić information content (AvgIpc) is 2.51. The van der Waals surface area contributed by atoms with Gasteiger partial charge in [-0.05, 0) is 23.7 Å². The van der Waals surface area contributed by atoms with Gasteiger partial charge in [-0.2, -0.15) is 0 Å². The third kappa shape index (κ3) is 6.15. The fourth-order valence-corrected chi connectivity index (χ4v) is 3.85. The molecule has 4 heteroatoms. The van der Waals surface area contributed by atoms with Crippen LogP contribution in [-0.4, -0.2) is 27.3 Å². The quantitative estimate of drug-likeness (QED) is 0.461. The van der Waals surface area contributed by atoms with Crippen LogP contribution >= 0.6 is 0 Å². The molecule has 0 aliphatic rings. The maximum absolute atomic E-state index is 11.4. The lowest BCUT2D eigenvalue weighted by molar-refractivity contribution is -0.114. The highest BCUT2D eigenvalue weighted by Gasteiger charge is 2.41. The lowest BCUT2D eigenvalue weighted by atomic mass is 9.95. The zero-order valence-electron chi connectivity index (χ0n) is 16.3. The van der Waals surface area contributed by atoms with Crippen LogP contribution in [0.15, 0.2) is 30.3 Å². The van der Waals surface area contributed by atoms with E-state index in [-0.39, 0.29) is 23.0 Å². The average molecular weight is 351 g/mol. The zero-order chi connectivity index (χ0) is 18.4. The molecule has 0 aliphatic heterocycles. The molecule has 1 aromatic rings. The summed E-state index contributed by atoms with van der Waals surface area (Å²) in [6, 6.07) is 10.1. The predicted octanol–water partition coefficient (Wildman–Crippen LogP) is 5.06. The molecule has 1 rings (SSSR count). The fraction of sp³-hybridized carbons (Fsp3) is 0.650. The Morgan fingerprint density at radius 3 is 2.21 bits per heavy atom. The first kappa shape index (κ1) is 21.1. The number of rotatable bonds is 9. The second-order valence-corrected chi connectivity index (χ2v) is 13.1. The predicted molar refractivity (Wildman–Crippen MR) is 103 cm³/mol. The van der Waals surface area contributed by atoms with Gasteiger partial charge < -0.3 is 14.0 Å². The van der Waals surface area contributed by atoms with E-state index in [1.54, 1.807) is 0 Å². The summed E-state index contributed by atoms with van der Waals surface area (Å²) in [6.07, 6.45) is 0.907. The van der Waals surface area contributed by atoms with Crippen LogP contribution < -0.4 is 0 Å². The molecule has 0 aliphatic carbocycles. The minimum Gasteiger partial charge on any atom is -0.413 e. The van der Waals surface area contributed by atoms with E-state index in [1.165, 1.54) is 0 Å². The molecule has 0 saturated heterocycles. The smallest absolute Gasteiger partial charge is 0.192 e. The van der Waals surface area contributed by atoms with E-state index in [2.05, 4.69) is 52.9 Å². The number of benzene rings is 1. The standard InChI is InChI=1S/C20H34O3Si/c1-16(13-21)19(23-24(6,7)20(3,4)5)17(2)14-22-15-18-11-9-8-10-12-18/h8-13,16-17,19H,14-15H2,1-7H3/t16-,17+,19-/m1/s1. The van der Waals surface area contributed by atoms with Crippen LogP contribution in [0.5, 0.6) is 0 Å². The number of hydrogen-bond acceptors (Lipinski definition) is 3. The SMILES string of the molecule is C[C@H](C=O)[C@@H](O[Si](C)(C)C(C)(C)C)[C@@H](C)COCc1ccccc1. The highest BCUT2D eigenvalue weighted by molar-refractivity contribution is 6.74. The Morgan fingerprint density at radius 2 is 1.71 bits per heavy atom. The van der Waals surface area contributed by atoms with Gasteiger partial charge in [0, 0.05) is 11.8 Å². The largest absolute Gasteiger partial charge is 0.413 e. The van der Waals surface area contributed by atoms with Gasteiger partial charge in [0.15, 0.2) is 8.32 Å². The van der Waals surface area contributed by atoms with Gasteiger partial charge in [0.1, 0.15) is 6.29 Å². The van der Waals surface area contributed by atoms with Gasteiger partial charge >= 0.3 is 0 Å². The van der Waals surface area contributed by atoms with Crippen LogP contribution in [0.2, 0.25) is 18.1 Å². The first-order valence-electron chi connectivity index (χ1n) is 8.83. The van der Waals surface area contributed by atoms with Gasteiger partial charge in [0.2, 0.25) is 0 Å². The van der Waals surface area contributed by atoms with Crippen molar-refractivity contribution in [2.75, 3.05) is 6.61 Å². The molecular weight excluding hydrogens is 316 g/mol. The van der Waals surface area contributed by atoms with Crippen molar-refractivity contribution in [1.82, 2.24) is 0 Å². The van der Waals surface area contributed by atoms with Crippen molar-refractivity contribution in [1.29, 1.82) is 0 Å². The molecule has 3 nitrogen and oxygen atoms in total. The molecule has 0 radical (unpaired) electrons. The van der Waals surface area contributed by atoms with Crippen molar-refractivity contribution in [3.05, 3.63) is 35.9 Å². The second-order valence-electron chi connectivity index (χ2n) is 8.32. The minimum atomic E-state index is -1.93. The van der Waals surface area contributed by atoms with Crippen molar-refractivity contribution in [2.45, 2.75) is 65.5 Å². The number of ether oxygens (including phenoxy) is 1. The Kier molecular flexibility index (Phi) is 7.84. The van der Waals surface area contributed by atoms with Gasteiger partial charge in [-0.15, -0.1) is 0 Å². The fourth-order valence-electron chi connectivity index (χ4n) is 2.37. The molecule has 0 aromatic heterocycles. The summed E-state index contributed by atoms with van der Waals surface area (Å²) in [4.78, 5) is 11.4. The van der Waals surface area contributed by atoms with Crippen LogP contribution in [0.3, 0.4) is 0 Å². The third-order valence-corrected chi connectivity index (χ3v) is 9.50. The summed E-state index contributed by atoms with van der Waals surface area (Å²) in [5.74, 6) is 0.0393. The molecule has 136 valence electrons. The molecule has 3 atom stereocenters. The molecule has 24 heavy (non-hydrogen) atoms. The highest BCUT2D eigenvalue weighted by atomic mass is 28.4. The molecule has 0 bridgehead atoms. The Labute approximate surface area is 148 Å². The maximum atomic E-state index is 11.4. The molecule has 0 N–H and O–H groups in total. The first-order chi connectivity index (χ1) is 11.1. The number of aldehydes is 1. The number of hydrogen-bond donors (Lipinski definition) is 0. The highest BCUT2D eigenvalue weighted by Crippen LogP contribution is 2.39. The lowest BCUT2D eigenvalue weighted by Crippen LogP contribution is -2.48. The summed E-state index contributed by atoms with van der Waals surface area (Å²) in [5.41, 5.74) is 1.16. The van der Waals surface area contributed by atoms with Crippen LogP contribution in [0.25, 0.3) is 0 Å².